The molecule has 12 heteroatoms. The van der Waals surface area contributed by atoms with Crippen molar-refractivity contribution in [2.24, 2.45) is 10.2 Å². The van der Waals surface area contributed by atoms with E-state index < -0.39 is 43.0 Å². The normalized spacial score (nSPS) is 12.2. The molecule has 0 fully saturated rings. The molecule has 3 aromatic carbocycles. The Kier molecular flexibility index (Phi) is 8.29. The molecule has 0 amide bonds. The van der Waals surface area contributed by atoms with Crippen molar-refractivity contribution in [2.45, 2.75) is 9.79 Å². The molecule has 3 aromatic rings. The second-order valence-electron chi connectivity index (χ2n) is 6.00. The fourth-order valence-electron chi connectivity index (χ4n) is 2.67. The van der Waals surface area contributed by atoms with Crippen LogP contribution in [0.3, 0.4) is 0 Å². The molecule has 0 aliphatic rings. The van der Waals surface area contributed by atoms with Crippen molar-refractivity contribution in [1.29, 1.82) is 0 Å². The van der Waals surface area contributed by atoms with Crippen LogP contribution in [-0.2, 0) is 20.0 Å². The third-order valence-electron chi connectivity index (χ3n) is 4.07. The molecule has 3 rings (SSSR count). The first-order chi connectivity index (χ1) is 13.6. The Labute approximate surface area is 217 Å². The minimum atomic E-state index is -4.70. The monoisotopic (exact) mass is 476 g/mol. The molecule has 0 aliphatic heterocycles. The van der Waals surface area contributed by atoms with Crippen LogP contribution in [-0.4, -0.2) is 44.0 Å². The topological polar surface area (TPSA) is 154 Å². The number of aliphatic hydroxyl groups excluding tert-OH is 1. The summed E-state index contributed by atoms with van der Waals surface area (Å²) in [5.74, 6) is -0.994. The fraction of sp³-hybridized carbons (Fsp3) is 0.111. The van der Waals surface area contributed by atoms with E-state index in [0.717, 1.165) is 6.07 Å². The maximum atomic E-state index is 11.9. The predicted molar refractivity (Wildman–Crippen MR) is 106 cm³/mol. The number of hydrogen-bond acceptors (Lipinski definition) is 8. The number of azo groups is 1. The largest absolute Gasteiger partial charge is 1.00 e. The summed E-state index contributed by atoms with van der Waals surface area (Å²) in [5.41, 5.74) is 0.376. The Morgan fingerprint density at radius 2 is 1.50 bits per heavy atom. The average Bonchev–Trinajstić information content (AvgIpc) is 2.67. The van der Waals surface area contributed by atoms with Crippen LogP contribution in [0.25, 0.3) is 10.8 Å². The number of hydrogen-bond donors (Lipinski definition) is 3. The van der Waals surface area contributed by atoms with Crippen LogP contribution in [0.2, 0.25) is 0 Å². The van der Waals surface area contributed by atoms with Crippen molar-refractivity contribution in [3.05, 3.63) is 54.6 Å². The molecule has 0 atom stereocenters. The maximum absolute atomic E-state index is 11.9. The molecule has 154 valence electrons. The van der Waals surface area contributed by atoms with Crippen molar-refractivity contribution in [2.75, 3.05) is 12.4 Å². The Balaban J connectivity index is 0.00000240. The molecule has 0 bridgehead atoms. The molecule has 30 heavy (non-hydrogen) atoms. The van der Waals surface area contributed by atoms with Crippen LogP contribution in [0.5, 0.6) is 5.75 Å². The van der Waals surface area contributed by atoms with Crippen molar-refractivity contribution >= 4 is 42.1 Å². The van der Waals surface area contributed by atoms with E-state index in [0.29, 0.717) is 11.1 Å². The van der Waals surface area contributed by atoms with Gasteiger partial charge in [-0.1, -0.05) is 24.3 Å². The van der Waals surface area contributed by atoms with Gasteiger partial charge in [0.1, 0.15) is 10.6 Å². The summed E-state index contributed by atoms with van der Waals surface area (Å²) in [7, 11) is -8.29. The number of phenols is 1. The molecule has 9 nitrogen and oxygen atoms in total. The predicted octanol–water partition coefficient (Wildman–Crippen LogP) is 0.0900. The maximum Gasteiger partial charge on any atom is 1.00 e. The molecule has 3 N–H and O–H groups in total. The number of sulfone groups is 1. The van der Waals surface area contributed by atoms with E-state index >= 15 is 0 Å². The average molecular weight is 477 g/mol. The van der Waals surface area contributed by atoms with Crippen LogP contribution < -0.4 is 51.4 Å². The summed E-state index contributed by atoms with van der Waals surface area (Å²) in [5, 5.41) is 27.5. The smallest absolute Gasteiger partial charge is 1.00 e. The molecule has 0 unspecified atom stereocenters. The van der Waals surface area contributed by atoms with E-state index in [-0.39, 0.29) is 68.8 Å². The van der Waals surface area contributed by atoms with Crippen molar-refractivity contribution in [3.63, 3.8) is 0 Å². The second-order valence-corrected chi connectivity index (χ2v) is 9.50. The van der Waals surface area contributed by atoms with Gasteiger partial charge in [0.15, 0.2) is 9.84 Å². The molecular weight excluding hydrogens is 459 g/mol. The van der Waals surface area contributed by atoms with Crippen molar-refractivity contribution in [1.82, 2.24) is 0 Å². The molecule has 0 heterocycles. The van der Waals surface area contributed by atoms with Gasteiger partial charge in [0, 0.05) is 10.8 Å². The van der Waals surface area contributed by atoms with Crippen LogP contribution in [0.4, 0.5) is 11.4 Å². The summed E-state index contributed by atoms with van der Waals surface area (Å²) in [6, 6.07) is 12.8. The second kappa shape index (κ2) is 9.93. The standard InChI is InChI=1S/C18H16N2O7S2.K.H/c21-9-10-28(23,24)13-7-5-12(6-8-13)19-20-16-11-17(29(25,26)27)18(22)15-4-2-1-3-14(15)16;;/h1-8,11,21-22H,9-10H2,(H,25,26,27);;/q;+1;-1. The fourth-order valence-corrected chi connectivity index (χ4v) is 4.31. The first kappa shape index (κ1) is 25.0. The van der Waals surface area contributed by atoms with Gasteiger partial charge in [-0.15, -0.1) is 5.11 Å². The Hall–Kier alpha value is -1.22. The summed E-state index contributed by atoms with van der Waals surface area (Å²) in [6.45, 7) is -0.492. The van der Waals surface area contributed by atoms with E-state index in [9.17, 15) is 26.5 Å². The molecule has 0 saturated heterocycles. The van der Waals surface area contributed by atoms with Crippen LogP contribution in [0.15, 0.2) is 74.6 Å². The van der Waals surface area contributed by atoms with Gasteiger partial charge in [-0.05, 0) is 30.3 Å². The Bertz CT molecular complexity index is 1310. The quantitative estimate of drug-likeness (QED) is 0.259. The van der Waals surface area contributed by atoms with Crippen LogP contribution in [0.1, 0.15) is 1.43 Å². The van der Waals surface area contributed by atoms with Crippen LogP contribution in [0, 0.1) is 0 Å². The number of phenolic OH excluding ortho intramolecular Hbond substituents is 1. The van der Waals surface area contributed by atoms with E-state index in [1.165, 1.54) is 30.3 Å². The number of rotatable bonds is 6. The SMILES string of the molecule is O=S(=O)(O)c1cc(N=Nc2ccc(S(=O)(=O)CCO)cc2)c2ccccc2c1O.[H-].[K+]. The number of nitrogens with zero attached hydrogens (tertiary/aromatic N) is 2. The third kappa shape index (κ3) is 5.52. The van der Waals surface area contributed by atoms with Gasteiger partial charge < -0.3 is 11.6 Å². The van der Waals surface area contributed by atoms with Gasteiger partial charge in [0.2, 0.25) is 0 Å². The number of aromatic hydroxyl groups is 1. The molecular formula is C18H17KN2O7S2. The first-order valence-corrected chi connectivity index (χ1v) is 11.3. The Morgan fingerprint density at radius 3 is 2.07 bits per heavy atom. The minimum absolute atomic E-state index is 0. The van der Waals surface area contributed by atoms with E-state index in [4.69, 9.17) is 5.11 Å². The molecule has 0 radical (unpaired) electrons. The van der Waals surface area contributed by atoms with Gasteiger partial charge >= 0.3 is 51.4 Å². The molecule has 0 aromatic heterocycles. The van der Waals surface area contributed by atoms with Crippen LogP contribution >= 0.6 is 0 Å². The van der Waals surface area contributed by atoms with Crippen molar-refractivity contribution in [3.8, 4) is 5.75 Å². The van der Waals surface area contributed by atoms with Gasteiger partial charge in [-0.25, -0.2) is 8.42 Å². The first-order valence-electron chi connectivity index (χ1n) is 8.21. The zero-order valence-corrected chi connectivity index (χ0v) is 20.6. The zero-order valence-electron chi connectivity index (χ0n) is 16.8. The van der Waals surface area contributed by atoms with Gasteiger partial charge in [0.25, 0.3) is 10.1 Å². The molecule has 0 aliphatic carbocycles. The van der Waals surface area contributed by atoms with Gasteiger partial charge in [-0.3, -0.25) is 4.55 Å². The van der Waals surface area contributed by atoms with Gasteiger partial charge in [0.05, 0.1) is 28.6 Å². The number of fused-ring (bicyclic) bond motifs is 1. The Morgan fingerprint density at radius 1 is 0.900 bits per heavy atom. The van der Waals surface area contributed by atoms with E-state index in [2.05, 4.69) is 10.2 Å². The number of aliphatic hydroxyl groups is 1. The minimum Gasteiger partial charge on any atom is -1.00 e. The zero-order chi connectivity index (χ0) is 21.2. The number of benzene rings is 3. The van der Waals surface area contributed by atoms with Gasteiger partial charge in [-0.2, -0.15) is 13.5 Å². The summed E-state index contributed by atoms with van der Waals surface area (Å²) >= 11 is 0. The summed E-state index contributed by atoms with van der Waals surface area (Å²) < 4.78 is 56.3. The van der Waals surface area contributed by atoms with E-state index in [1.807, 2.05) is 0 Å². The van der Waals surface area contributed by atoms with E-state index in [1.54, 1.807) is 18.2 Å². The molecule has 0 saturated carbocycles. The molecule has 0 spiro atoms. The third-order valence-corrected chi connectivity index (χ3v) is 6.64. The summed E-state index contributed by atoms with van der Waals surface area (Å²) in [6.07, 6.45) is 0. The summed E-state index contributed by atoms with van der Waals surface area (Å²) in [4.78, 5) is -0.676. The van der Waals surface area contributed by atoms with Crippen molar-refractivity contribution < 1.29 is 84.4 Å².